The van der Waals surface area contributed by atoms with Crippen LogP contribution in [0.2, 0.25) is 0 Å². The molecule has 0 spiro atoms. The Kier molecular flexibility index (Phi) is 4.74. The van der Waals surface area contributed by atoms with Gasteiger partial charge in [0.25, 0.3) is 0 Å². The van der Waals surface area contributed by atoms with E-state index in [0.29, 0.717) is 0 Å². The van der Waals surface area contributed by atoms with E-state index in [1.54, 1.807) is 0 Å². The lowest BCUT2D eigenvalue weighted by Crippen LogP contribution is -2.49. The van der Waals surface area contributed by atoms with Crippen molar-refractivity contribution in [2.45, 2.75) is 70.8 Å². The normalized spacial score (nSPS) is 42.6. The van der Waals surface area contributed by atoms with Crippen LogP contribution >= 0.6 is 0 Å². The first kappa shape index (κ1) is 18.6. The van der Waals surface area contributed by atoms with Gasteiger partial charge in [-0.1, -0.05) is 43.3 Å². The number of hydrogen-bond donors (Lipinski definition) is 1. The van der Waals surface area contributed by atoms with Crippen LogP contribution in [-0.4, -0.2) is 17.0 Å². The quantitative estimate of drug-likeness (QED) is 0.660. The molecule has 150 valence electrons. The molecule has 2 nitrogen and oxygen atoms in total. The van der Waals surface area contributed by atoms with Gasteiger partial charge in [0.2, 0.25) is 0 Å². The molecule has 0 aliphatic heterocycles. The number of carbonyl (C=O) groups excluding carboxylic acids is 1. The second-order valence-corrected chi connectivity index (χ2v) is 10.4. The van der Waals surface area contributed by atoms with Gasteiger partial charge >= 0.3 is 0 Å². The van der Waals surface area contributed by atoms with Gasteiger partial charge in [-0.3, -0.25) is 4.79 Å². The molecule has 3 saturated carbocycles. The minimum atomic E-state index is -0.0455. The third-order valence-corrected chi connectivity index (χ3v) is 8.92. The van der Waals surface area contributed by atoms with Gasteiger partial charge in [0.15, 0.2) is 5.78 Å². The molecule has 1 aromatic carbocycles. The number of carbonyl (C=O) groups is 1. The van der Waals surface area contributed by atoms with Crippen LogP contribution in [0.1, 0.15) is 75.1 Å². The Morgan fingerprint density at radius 2 is 1.75 bits per heavy atom. The highest BCUT2D eigenvalue weighted by Crippen LogP contribution is 2.60. The number of hydrogen-bond acceptors (Lipinski definition) is 2. The monoisotopic (exact) mass is 378 g/mol. The first-order valence-electron chi connectivity index (χ1n) is 11.5. The molecule has 0 unspecified atom stereocenters. The molecule has 0 heterocycles. The van der Waals surface area contributed by atoms with Crippen molar-refractivity contribution in [3.05, 3.63) is 47.5 Å². The van der Waals surface area contributed by atoms with Crippen molar-refractivity contribution in [2.24, 2.45) is 35.0 Å². The average molecular weight is 379 g/mol. The highest BCUT2D eigenvalue weighted by atomic mass is 16.3. The van der Waals surface area contributed by atoms with Gasteiger partial charge in [-0.15, -0.1) is 0 Å². The van der Waals surface area contributed by atoms with Crippen molar-refractivity contribution < 1.29 is 9.90 Å². The van der Waals surface area contributed by atoms with Crippen molar-refractivity contribution in [2.75, 3.05) is 0 Å². The van der Waals surface area contributed by atoms with Gasteiger partial charge in [0, 0.05) is 5.56 Å². The Morgan fingerprint density at radius 1 is 0.964 bits per heavy atom. The predicted octanol–water partition coefficient (Wildman–Crippen LogP) is 5.81. The van der Waals surface area contributed by atoms with Crippen LogP contribution < -0.4 is 0 Å². The van der Waals surface area contributed by atoms with Crippen LogP contribution in [0, 0.1) is 35.0 Å². The van der Waals surface area contributed by atoms with E-state index < -0.39 is 0 Å². The standard InChI is InChI=1S/C26H34O2/c1-26-14-13-22-21-11-9-20(27)15-18(21)7-10-23(22)24(26)12-8-19(16-26)25(28)17-5-3-2-4-6-17/h2-6,16,18,20-24,27H,7-15H2,1H3/t18-,20-,21+,22-,23-,24+,26-/m1/s1. The maximum atomic E-state index is 13.0. The Labute approximate surface area is 169 Å². The summed E-state index contributed by atoms with van der Waals surface area (Å²) in [5.74, 6) is 4.30. The van der Waals surface area contributed by atoms with Gasteiger partial charge in [-0.2, -0.15) is 0 Å². The van der Waals surface area contributed by atoms with Crippen LogP contribution in [0.5, 0.6) is 0 Å². The van der Waals surface area contributed by atoms with E-state index >= 15 is 0 Å². The summed E-state index contributed by atoms with van der Waals surface area (Å²) in [5.41, 5.74) is 2.09. The highest BCUT2D eigenvalue weighted by molar-refractivity contribution is 6.08. The lowest BCUT2D eigenvalue weighted by Gasteiger charge is -2.57. The number of aliphatic hydroxyl groups is 1. The summed E-state index contributed by atoms with van der Waals surface area (Å²) < 4.78 is 0. The van der Waals surface area contributed by atoms with E-state index in [0.717, 1.165) is 60.0 Å². The number of benzene rings is 1. The SMILES string of the molecule is C[C@@]12C=C(C(=O)c3ccccc3)CC[C@H]1[C@@H]1CC[C@@H]3C[C@H](O)CC[C@@H]3[C@H]1CC2. The lowest BCUT2D eigenvalue weighted by molar-refractivity contribution is -0.0698. The molecule has 28 heavy (non-hydrogen) atoms. The largest absolute Gasteiger partial charge is 0.393 e. The summed E-state index contributed by atoms with van der Waals surface area (Å²) in [6.45, 7) is 2.43. The van der Waals surface area contributed by atoms with Crippen LogP contribution in [-0.2, 0) is 0 Å². The molecule has 1 N–H and O–H groups in total. The maximum absolute atomic E-state index is 13.0. The Hall–Kier alpha value is -1.41. The minimum Gasteiger partial charge on any atom is -0.393 e. The number of allylic oxidation sites excluding steroid dienone is 2. The molecule has 7 atom stereocenters. The Morgan fingerprint density at radius 3 is 2.57 bits per heavy atom. The molecule has 3 fully saturated rings. The average Bonchev–Trinajstić information content (AvgIpc) is 2.72. The molecular weight excluding hydrogens is 344 g/mol. The summed E-state index contributed by atoms with van der Waals surface area (Å²) in [7, 11) is 0. The van der Waals surface area contributed by atoms with Gasteiger partial charge in [-0.25, -0.2) is 0 Å². The van der Waals surface area contributed by atoms with E-state index in [4.69, 9.17) is 0 Å². The smallest absolute Gasteiger partial charge is 0.188 e. The molecule has 0 amide bonds. The van der Waals surface area contributed by atoms with Crippen LogP contribution in [0.15, 0.2) is 42.0 Å². The zero-order valence-electron chi connectivity index (χ0n) is 17.1. The predicted molar refractivity (Wildman–Crippen MR) is 112 cm³/mol. The molecule has 0 bridgehead atoms. The molecule has 1 aromatic rings. The van der Waals surface area contributed by atoms with Crippen molar-refractivity contribution in [3.63, 3.8) is 0 Å². The van der Waals surface area contributed by atoms with Gasteiger partial charge in [0.05, 0.1) is 6.10 Å². The Bertz CT molecular complexity index is 766. The van der Waals surface area contributed by atoms with E-state index in [9.17, 15) is 9.90 Å². The number of rotatable bonds is 2. The third-order valence-electron chi connectivity index (χ3n) is 8.92. The second-order valence-electron chi connectivity index (χ2n) is 10.4. The van der Waals surface area contributed by atoms with Crippen LogP contribution in [0.25, 0.3) is 0 Å². The van der Waals surface area contributed by atoms with Crippen molar-refractivity contribution >= 4 is 5.78 Å². The summed E-state index contributed by atoms with van der Waals surface area (Å²) >= 11 is 0. The number of Topliss-reactive ketones (excluding diaryl/α,β-unsaturated/α-hetero) is 1. The van der Waals surface area contributed by atoms with E-state index in [-0.39, 0.29) is 17.3 Å². The minimum absolute atomic E-state index is 0.0455. The maximum Gasteiger partial charge on any atom is 0.188 e. The molecule has 0 saturated heterocycles. The fraction of sp³-hybridized carbons (Fsp3) is 0.654. The molecular formula is C26H34O2. The van der Waals surface area contributed by atoms with E-state index in [1.807, 2.05) is 30.3 Å². The lowest BCUT2D eigenvalue weighted by atomic mass is 9.48. The van der Waals surface area contributed by atoms with Gasteiger partial charge < -0.3 is 5.11 Å². The van der Waals surface area contributed by atoms with E-state index in [2.05, 4.69) is 13.0 Å². The second kappa shape index (κ2) is 7.13. The molecule has 2 heteroatoms. The number of ketones is 1. The highest BCUT2D eigenvalue weighted by Gasteiger charge is 2.52. The van der Waals surface area contributed by atoms with Crippen molar-refractivity contribution in [1.29, 1.82) is 0 Å². The van der Waals surface area contributed by atoms with Crippen molar-refractivity contribution in [1.82, 2.24) is 0 Å². The first-order valence-corrected chi connectivity index (χ1v) is 11.5. The summed E-state index contributed by atoms with van der Waals surface area (Å²) in [5, 5.41) is 10.1. The first-order chi connectivity index (χ1) is 13.5. The fourth-order valence-corrected chi connectivity index (χ4v) is 7.63. The van der Waals surface area contributed by atoms with E-state index in [1.165, 1.54) is 38.5 Å². The third kappa shape index (κ3) is 3.09. The molecule has 0 radical (unpaired) electrons. The summed E-state index contributed by atoms with van der Waals surface area (Å²) in [4.78, 5) is 13.0. The van der Waals surface area contributed by atoms with Crippen LogP contribution in [0.4, 0.5) is 0 Å². The van der Waals surface area contributed by atoms with Crippen LogP contribution in [0.3, 0.4) is 0 Å². The summed E-state index contributed by atoms with van der Waals surface area (Å²) in [6, 6.07) is 9.81. The molecule has 4 aliphatic carbocycles. The van der Waals surface area contributed by atoms with Gasteiger partial charge in [-0.05, 0) is 98.4 Å². The zero-order chi connectivity index (χ0) is 19.3. The summed E-state index contributed by atoms with van der Waals surface area (Å²) in [6.07, 6.45) is 13.0. The number of fused-ring (bicyclic) bond motifs is 5. The molecule has 0 aromatic heterocycles. The topological polar surface area (TPSA) is 37.3 Å². The fourth-order valence-electron chi connectivity index (χ4n) is 7.63. The Balaban J connectivity index is 1.37. The van der Waals surface area contributed by atoms with Crippen molar-refractivity contribution in [3.8, 4) is 0 Å². The zero-order valence-corrected chi connectivity index (χ0v) is 17.1. The number of aliphatic hydroxyl groups excluding tert-OH is 1. The molecule has 5 rings (SSSR count). The van der Waals surface area contributed by atoms with Gasteiger partial charge in [0.1, 0.15) is 0 Å². The molecule has 4 aliphatic rings.